The minimum atomic E-state index is -1.17. The molecule has 5 nitrogen and oxygen atoms in total. The lowest BCUT2D eigenvalue weighted by Gasteiger charge is -2.29. The van der Waals surface area contributed by atoms with Crippen LogP contribution in [0.5, 0.6) is 0 Å². The number of carbonyl (C=O) groups excluding carboxylic acids is 2. The Morgan fingerprint density at radius 2 is 1.05 bits per heavy atom. The summed E-state index contributed by atoms with van der Waals surface area (Å²) >= 11 is 0. The Balaban J connectivity index is 3.41. The molecule has 0 aromatic carbocycles. The number of unbranched alkanes of at least 4 members (excludes halogenated alkanes) is 17. The molecule has 0 aromatic rings. The molecular formula is C33H65NO4. The van der Waals surface area contributed by atoms with Crippen LogP contribution in [0.15, 0.2) is 0 Å². The predicted octanol–water partition coefficient (Wildman–Crippen LogP) is 7.98. The number of carboxylic acid groups (broad SMARTS) is 1. The molecule has 38 heavy (non-hydrogen) atoms. The van der Waals surface area contributed by atoms with E-state index in [1.807, 2.05) is 21.1 Å². The highest BCUT2D eigenvalue weighted by molar-refractivity contribution is 5.70. The first kappa shape index (κ1) is 36.9. The standard InChI is InChI=1S/C33H65NO4/c1-6-25-30(2)26-23-21-19-17-15-13-11-9-7-8-10-12-14-16-18-20-22-24-27-33(37)38-31(28-32(35)36)29-34(3,4)5/h30-31H,6-29H2,1-5H3. The van der Waals surface area contributed by atoms with E-state index >= 15 is 0 Å². The van der Waals surface area contributed by atoms with Gasteiger partial charge in [-0.1, -0.05) is 142 Å². The van der Waals surface area contributed by atoms with E-state index in [1.54, 1.807) is 0 Å². The molecule has 0 bridgehead atoms. The fraction of sp³-hybridized carbons (Fsp3) is 0.939. The summed E-state index contributed by atoms with van der Waals surface area (Å²) in [5.74, 6) is -0.526. The van der Waals surface area contributed by atoms with Gasteiger partial charge in [0, 0.05) is 18.8 Å². The Labute approximate surface area is 237 Å². The summed E-state index contributed by atoms with van der Waals surface area (Å²) in [4.78, 5) is 23.0. The molecule has 0 rings (SSSR count). The number of esters is 1. The highest BCUT2D eigenvalue weighted by Crippen LogP contribution is 2.17. The summed E-state index contributed by atoms with van der Waals surface area (Å²) in [5, 5.41) is 10.9. The lowest BCUT2D eigenvalue weighted by Crippen LogP contribution is -2.45. The number of nitrogens with zero attached hydrogens (tertiary/aromatic N) is 1. The van der Waals surface area contributed by atoms with Crippen LogP contribution in [-0.4, -0.2) is 50.2 Å². The van der Waals surface area contributed by atoms with Gasteiger partial charge in [0.25, 0.3) is 0 Å². The molecule has 0 fully saturated rings. The Morgan fingerprint density at radius 3 is 1.42 bits per heavy atom. The van der Waals surface area contributed by atoms with Gasteiger partial charge in [-0.3, -0.25) is 4.79 Å². The highest BCUT2D eigenvalue weighted by atomic mass is 16.5. The minimum Gasteiger partial charge on any atom is -0.550 e. The number of rotatable bonds is 28. The molecule has 5 heteroatoms. The van der Waals surface area contributed by atoms with E-state index in [1.165, 1.54) is 116 Å². The lowest BCUT2D eigenvalue weighted by molar-refractivity contribution is -0.873. The maximum absolute atomic E-state index is 12.1. The zero-order chi connectivity index (χ0) is 28.5. The van der Waals surface area contributed by atoms with Crippen molar-refractivity contribution in [2.75, 3.05) is 27.7 Å². The van der Waals surface area contributed by atoms with Crippen LogP contribution in [-0.2, 0) is 14.3 Å². The number of hydrogen-bond donors (Lipinski definition) is 0. The first-order chi connectivity index (χ1) is 18.1. The van der Waals surface area contributed by atoms with Crippen molar-refractivity contribution in [1.82, 2.24) is 0 Å². The summed E-state index contributed by atoms with van der Waals surface area (Å²) in [7, 11) is 5.86. The summed E-state index contributed by atoms with van der Waals surface area (Å²) in [6, 6.07) is 0. The number of ether oxygens (including phenoxy) is 1. The van der Waals surface area contributed by atoms with E-state index in [-0.39, 0.29) is 12.4 Å². The van der Waals surface area contributed by atoms with Crippen LogP contribution in [0.3, 0.4) is 0 Å². The molecule has 2 unspecified atom stereocenters. The van der Waals surface area contributed by atoms with Crippen LogP contribution in [0.4, 0.5) is 0 Å². The van der Waals surface area contributed by atoms with Gasteiger partial charge in [-0.15, -0.1) is 0 Å². The van der Waals surface area contributed by atoms with Crippen molar-refractivity contribution < 1.29 is 23.9 Å². The fourth-order valence-corrected chi connectivity index (χ4v) is 5.41. The van der Waals surface area contributed by atoms with E-state index in [4.69, 9.17) is 4.74 Å². The monoisotopic (exact) mass is 539 g/mol. The second-order valence-corrected chi connectivity index (χ2v) is 13.0. The third kappa shape index (κ3) is 27.9. The molecule has 226 valence electrons. The van der Waals surface area contributed by atoms with E-state index < -0.39 is 12.1 Å². The van der Waals surface area contributed by atoms with E-state index in [2.05, 4.69) is 13.8 Å². The molecule has 2 atom stereocenters. The fourth-order valence-electron chi connectivity index (χ4n) is 5.41. The number of carbonyl (C=O) groups is 2. The van der Waals surface area contributed by atoms with Gasteiger partial charge in [-0.05, 0) is 12.3 Å². The van der Waals surface area contributed by atoms with Gasteiger partial charge < -0.3 is 19.1 Å². The lowest BCUT2D eigenvalue weighted by atomic mass is 9.98. The summed E-state index contributed by atoms with van der Waals surface area (Å²) < 4.78 is 5.96. The zero-order valence-electron chi connectivity index (χ0n) is 26.2. The Hall–Kier alpha value is -1.10. The highest BCUT2D eigenvalue weighted by Gasteiger charge is 2.22. The molecule has 0 radical (unpaired) electrons. The van der Waals surface area contributed by atoms with Crippen LogP contribution >= 0.6 is 0 Å². The van der Waals surface area contributed by atoms with E-state index in [0.717, 1.165) is 25.2 Å². The van der Waals surface area contributed by atoms with Crippen molar-refractivity contribution in [3.63, 3.8) is 0 Å². The molecule has 0 aromatic heterocycles. The quantitative estimate of drug-likeness (QED) is 0.0574. The van der Waals surface area contributed by atoms with Crippen LogP contribution < -0.4 is 5.11 Å². The summed E-state index contributed by atoms with van der Waals surface area (Å²) in [6.07, 6.45) is 27.6. The van der Waals surface area contributed by atoms with Crippen LogP contribution in [0.25, 0.3) is 0 Å². The minimum absolute atomic E-state index is 0.236. The van der Waals surface area contributed by atoms with Gasteiger partial charge in [0.2, 0.25) is 0 Å². The second-order valence-electron chi connectivity index (χ2n) is 13.0. The first-order valence-corrected chi connectivity index (χ1v) is 16.3. The van der Waals surface area contributed by atoms with Crippen molar-refractivity contribution in [3.8, 4) is 0 Å². The zero-order valence-corrected chi connectivity index (χ0v) is 26.2. The van der Waals surface area contributed by atoms with Crippen molar-refractivity contribution >= 4 is 11.9 Å². The van der Waals surface area contributed by atoms with Crippen molar-refractivity contribution in [3.05, 3.63) is 0 Å². The molecule has 0 saturated carbocycles. The molecular weight excluding hydrogens is 474 g/mol. The Kier molecular flexibility index (Phi) is 24.2. The summed E-state index contributed by atoms with van der Waals surface area (Å²) in [6.45, 7) is 5.18. The smallest absolute Gasteiger partial charge is 0.306 e. The van der Waals surface area contributed by atoms with Crippen LogP contribution in [0, 0.1) is 5.92 Å². The third-order valence-electron chi connectivity index (χ3n) is 7.55. The predicted molar refractivity (Wildman–Crippen MR) is 159 cm³/mol. The number of quaternary nitrogens is 1. The number of hydrogen-bond acceptors (Lipinski definition) is 4. The molecule has 0 aliphatic rings. The number of likely N-dealkylation sites (N-methyl/N-ethyl adjacent to an activating group) is 1. The molecule has 0 aliphatic carbocycles. The van der Waals surface area contributed by atoms with Gasteiger partial charge in [-0.25, -0.2) is 0 Å². The summed E-state index contributed by atoms with van der Waals surface area (Å²) in [5.41, 5.74) is 0. The molecule has 0 amide bonds. The van der Waals surface area contributed by atoms with Gasteiger partial charge in [0.15, 0.2) is 6.10 Å². The van der Waals surface area contributed by atoms with E-state index in [0.29, 0.717) is 17.4 Å². The number of aliphatic carboxylic acids is 1. The number of carboxylic acids is 1. The largest absolute Gasteiger partial charge is 0.550 e. The van der Waals surface area contributed by atoms with Gasteiger partial charge >= 0.3 is 5.97 Å². The molecule has 0 aliphatic heterocycles. The van der Waals surface area contributed by atoms with Gasteiger partial charge in [-0.2, -0.15) is 0 Å². The van der Waals surface area contributed by atoms with E-state index in [9.17, 15) is 14.7 Å². The van der Waals surface area contributed by atoms with Crippen molar-refractivity contribution in [2.45, 2.75) is 168 Å². The SMILES string of the molecule is CCCC(C)CCCCCCCCCCCCCCCCCCCCC(=O)OC(CC(=O)[O-])C[N+](C)(C)C. The van der Waals surface area contributed by atoms with Crippen molar-refractivity contribution in [2.24, 2.45) is 5.92 Å². The van der Waals surface area contributed by atoms with Crippen LogP contribution in [0.2, 0.25) is 0 Å². The average Bonchev–Trinajstić information content (AvgIpc) is 2.81. The van der Waals surface area contributed by atoms with Crippen LogP contribution in [0.1, 0.15) is 162 Å². The maximum atomic E-state index is 12.1. The normalized spacial score (nSPS) is 13.4. The maximum Gasteiger partial charge on any atom is 0.306 e. The average molecular weight is 540 g/mol. The third-order valence-corrected chi connectivity index (χ3v) is 7.55. The molecule has 0 heterocycles. The van der Waals surface area contributed by atoms with Gasteiger partial charge in [0.05, 0.1) is 21.1 Å². The molecule has 0 spiro atoms. The second kappa shape index (κ2) is 24.9. The Morgan fingerprint density at radius 1 is 0.658 bits per heavy atom. The van der Waals surface area contributed by atoms with Crippen molar-refractivity contribution in [1.29, 1.82) is 0 Å². The van der Waals surface area contributed by atoms with Gasteiger partial charge in [0.1, 0.15) is 6.54 Å². The Bertz CT molecular complexity index is 558. The first-order valence-electron chi connectivity index (χ1n) is 16.3. The molecule has 0 saturated heterocycles. The molecule has 0 N–H and O–H groups in total. The topological polar surface area (TPSA) is 66.4 Å².